The average Bonchev–Trinajstić information content (AvgIpc) is 2.79. The molecule has 0 radical (unpaired) electrons. The molecule has 0 aliphatic heterocycles. The van der Waals surface area contributed by atoms with Crippen molar-refractivity contribution in [2.45, 2.75) is 20.5 Å². The van der Waals surface area contributed by atoms with E-state index in [2.05, 4.69) is 5.32 Å². The van der Waals surface area contributed by atoms with Gasteiger partial charge in [0.25, 0.3) is 5.91 Å². The zero-order valence-electron chi connectivity index (χ0n) is 17.5. The van der Waals surface area contributed by atoms with E-state index in [1.807, 2.05) is 19.9 Å². The lowest BCUT2D eigenvalue weighted by Crippen LogP contribution is -2.16. The van der Waals surface area contributed by atoms with E-state index in [9.17, 15) is 9.59 Å². The van der Waals surface area contributed by atoms with Gasteiger partial charge < -0.3 is 14.8 Å². The smallest absolute Gasteiger partial charge is 0.255 e. The van der Waals surface area contributed by atoms with Crippen LogP contribution in [0.1, 0.15) is 45.7 Å². The Morgan fingerprint density at radius 3 is 2.39 bits per heavy atom. The first kappa shape index (κ1) is 22.5. The molecular formula is C25H24ClNO4. The van der Waals surface area contributed by atoms with Gasteiger partial charge in [-0.05, 0) is 50.2 Å². The summed E-state index contributed by atoms with van der Waals surface area (Å²) in [6, 6.07) is 18.9. The third-order valence-electron chi connectivity index (χ3n) is 4.59. The standard InChI is InChI=1S/C25H24ClNO4/c1-3-30-16-19-14-18(10-13-23(19)31-4-2)25(29)27-22-12-11-20(26)15-21(22)24(28)17-8-6-5-7-9-17/h5-15H,3-4,16H2,1-2H3,(H,27,29). The van der Waals surface area contributed by atoms with Gasteiger partial charge in [-0.25, -0.2) is 0 Å². The summed E-state index contributed by atoms with van der Waals surface area (Å²) in [6.07, 6.45) is 0. The van der Waals surface area contributed by atoms with Gasteiger partial charge in [0.1, 0.15) is 5.75 Å². The first-order chi connectivity index (χ1) is 15.0. The maximum absolute atomic E-state index is 13.0. The number of hydrogen-bond acceptors (Lipinski definition) is 4. The number of halogens is 1. The van der Waals surface area contributed by atoms with Crippen LogP contribution in [-0.4, -0.2) is 24.9 Å². The molecule has 0 bridgehead atoms. The predicted octanol–water partition coefficient (Wildman–Crippen LogP) is 5.76. The van der Waals surface area contributed by atoms with Crippen molar-refractivity contribution in [3.63, 3.8) is 0 Å². The summed E-state index contributed by atoms with van der Waals surface area (Å²) in [4.78, 5) is 26.0. The minimum Gasteiger partial charge on any atom is -0.494 e. The van der Waals surface area contributed by atoms with Gasteiger partial charge in [0.05, 0.1) is 18.9 Å². The average molecular weight is 438 g/mol. The Labute approximate surface area is 187 Å². The second-order valence-corrected chi connectivity index (χ2v) is 7.17. The number of carbonyl (C=O) groups is 2. The number of nitrogens with one attached hydrogen (secondary N) is 1. The molecule has 31 heavy (non-hydrogen) atoms. The van der Waals surface area contributed by atoms with E-state index in [0.717, 1.165) is 5.56 Å². The monoisotopic (exact) mass is 437 g/mol. The molecule has 3 rings (SSSR count). The number of carbonyl (C=O) groups excluding carboxylic acids is 2. The van der Waals surface area contributed by atoms with E-state index in [-0.39, 0.29) is 11.7 Å². The Bertz CT molecular complexity index is 1070. The van der Waals surface area contributed by atoms with Crippen molar-refractivity contribution in [3.05, 3.63) is 94.0 Å². The molecule has 0 unspecified atom stereocenters. The van der Waals surface area contributed by atoms with Gasteiger partial charge in [-0.1, -0.05) is 41.9 Å². The van der Waals surface area contributed by atoms with Crippen molar-refractivity contribution in [2.24, 2.45) is 0 Å². The Morgan fingerprint density at radius 1 is 0.903 bits per heavy atom. The molecule has 0 aliphatic rings. The molecule has 3 aromatic carbocycles. The molecule has 3 aromatic rings. The molecule has 0 saturated carbocycles. The molecule has 0 atom stereocenters. The quantitative estimate of drug-likeness (QED) is 0.432. The zero-order valence-corrected chi connectivity index (χ0v) is 18.2. The van der Waals surface area contributed by atoms with E-state index in [1.165, 1.54) is 0 Å². The predicted molar refractivity (Wildman–Crippen MR) is 122 cm³/mol. The van der Waals surface area contributed by atoms with E-state index in [1.54, 1.807) is 60.7 Å². The molecular weight excluding hydrogens is 414 g/mol. The lowest BCUT2D eigenvalue weighted by atomic mass is 10.0. The number of hydrogen-bond donors (Lipinski definition) is 1. The van der Waals surface area contributed by atoms with E-state index in [4.69, 9.17) is 21.1 Å². The minimum absolute atomic E-state index is 0.220. The van der Waals surface area contributed by atoms with Crippen LogP contribution in [-0.2, 0) is 11.3 Å². The van der Waals surface area contributed by atoms with E-state index >= 15 is 0 Å². The summed E-state index contributed by atoms with van der Waals surface area (Å²) in [5, 5.41) is 3.25. The van der Waals surface area contributed by atoms with Crippen molar-refractivity contribution in [1.82, 2.24) is 0 Å². The van der Waals surface area contributed by atoms with E-state index in [0.29, 0.717) is 53.0 Å². The lowest BCUT2D eigenvalue weighted by molar-refractivity contribution is 0.102. The van der Waals surface area contributed by atoms with Crippen LogP contribution in [0.5, 0.6) is 5.75 Å². The summed E-state index contributed by atoms with van der Waals surface area (Å²) < 4.78 is 11.1. The fraction of sp³-hybridized carbons (Fsp3) is 0.200. The molecule has 1 N–H and O–H groups in total. The highest BCUT2D eigenvalue weighted by Gasteiger charge is 2.17. The summed E-state index contributed by atoms with van der Waals surface area (Å²) in [7, 11) is 0. The maximum atomic E-state index is 13.0. The number of ketones is 1. The zero-order chi connectivity index (χ0) is 22.2. The lowest BCUT2D eigenvalue weighted by Gasteiger charge is -2.14. The third kappa shape index (κ3) is 5.72. The van der Waals surface area contributed by atoms with Gasteiger partial charge in [0.2, 0.25) is 0 Å². The van der Waals surface area contributed by atoms with Crippen LogP contribution in [0.2, 0.25) is 5.02 Å². The molecule has 0 heterocycles. The van der Waals surface area contributed by atoms with Crippen LogP contribution < -0.4 is 10.1 Å². The number of amides is 1. The van der Waals surface area contributed by atoms with Crippen LogP contribution in [0.3, 0.4) is 0 Å². The van der Waals surface area contributed by atoms with Gasteiger partial charge >= 0.3 is 0 Å². The van der Waals surface area contributed by atoms with Crippen LogP contribution >= 0.6 is 11.6 Å². The Balaban J connectivity index is 1.89. The Morgan fingerprint density at radius 2 is 1.68 bits per heavy atom. The van der Waals surface area contributed by atoms with Crippen molar-refractivity contribution in [3.8, 4) is 5.75 Å². The fourth-order valence-electron chi connectivity index (χ4n) is 3.09. The largest absolute Gasteiger partial charge is 0.494 e. The Kier molecular flexibility index (Phi) is 7.82. The van der Waals surface area contributed by atoms with Gasteiger partial charge in [-0.3, -0.25) is 9.59 Å². The summed E-state index contributed by atoms with van der Waals surface area (Å²) >= 11 is 6.13. The van der Waals surface area contributed by atoms with Crippen LogP contribution in [0, 0.1) is 0 Å². The summed E-state index contributed by atoms with van der Waals surface area (Å²) in [5.74, 6) is 0.117. The molecule has 0 saturated heterocycles. The number of ether oxygens (including phenoxy) is 2. The second-order valence-electron chi connectivity index (χ2n) is 6.73. The molecule has 5 nitrogen and oxygen atoms in total. The SMILES string of the molecule is CCOCc1cc(C(=O)Nc2ccc(Cl)cc2C(=O)c2ccccc2)ccc1OCC. The Hall–Kier alpha value is -3.15. The van der Waals surface area contributed by atoms with Gasteiger partial charge in [-0.2, -0.15) is 0 Å². The minimum atomic E-state index is -0.342. The summed E-state index contributed by atoms with van der Waals surface area (Å²) in [5.41, 5.74) is 2.45. The normalized spacial score (nSPS) is 10.5. The molecule has 160 valence electrons. The summed E-state index contributed by atoms with van der Waals surface area (Å²) in [6.45, 7) is 5.21. The molecule has 0 aliphatic carbocycles. The highest BCUT2D eigenvalue weighted by atomic mass is 35.5. The van der Waals surface area contributed by atoms with Crippen LogP contribution in [0.25, 0.3) is 0 Å². The third-order valence-corrected chi connectivity index (χ3v) is 4.83. The maximum Gasteiger partial charge on any atom is 0.255 e. The van der Waals surface area contributed by atoms with Crippen molar-refractivity contribution in [2.75, 3.05) is 18.5 Å². The number of rotatable bonds is 9. The van der Waals surface area contributed by atoms with Crippen LogP contribution in [0.4, 0.5) is 5.69 Å². The first-order valence-corrected chi connectivity index (χ1v) is 10.4. The van der Waals surface area contributed by atoms with Crippen LogP contribution in [0.15, 0.2) is 66.7 Å². The number of benzene rings is 3. The topological polar surface area (TPSA) is 64.6 Å². The first-order valence-electron chi connectivity index (χ1n) is 10.1. The van der Waals surface area contributed by atoms with Crippen molar-refractivity contribution in [1.29, 1.82) is 0 Å². The molecule has 0 aromatic heterocycles. The van der Waals surface area contributed by atoms with Gasteiger partial charge in [-0.15, -0.1) is 0 Å². The number of anilines is 1. The van der Waals surface area contributed by atoms with Crippen molar-refractivity contribution < 1.29 is 19.1 Å². The molecule has 6 heteroatoms. The molecule has 1 amide bonds. The second kappa shape index (κ2) is 10.8. The molecule has 0 spiro atoms. The van der Waals surface area contributed by atoms with E-state index < -0.39 is 0 Å². The van der Waals surface area contributed by atoms with Crippen molar-refractivity contribution >= 4 is 29.0 Å². The molecule has 0 fully saturated rings. The van der Waals surface area contributed by atoms with Gasteiger partial charge in [0.15, 0.2) is 5.78 Å². The highest BCUT2D eigenvalue weighted by molar-refractivity contribution is 6.31. The highest BCUT2D eigenvalue weighted by Crippen LogP contribution is 2.26. The van der Waals surface area contributed by atoms with Gasteiger partial charge in [0, 0.05) is 33.9 Å². The fourth-order valence-corrected chi connectivity index (χ4v) is 3.27.